The van der Waals surface area contributed by atoms with E-state index in [9.17, 15) is 4.79 Å². The van der Waals surface area contributed by atoms with Crippen LogP contribution in [0.4, 0.5) is 0 Å². The van der Waals surface area contributed by atoms with Crippen LogP contribution in [0.3, 0.4) is 0 Å². The molecule has 0 aliphatic heterocycles. The van der Waals surface area contributed by atoms with Gasteiger partial charge in [-0.05, 0) is 36.9 Å². The normalized spacial score (nSPS) is 11.0. The van der Waals surface area contributed by atoms with Crippen molar-refractivity contribution < 1.29 is 4.79 Å². The molecule has 0 atom stereocenters. The highest BCUT2D eigenvalue weighted by molar-refractivity contribution is 6.32. The van der Waals surface area contributed by atoms with Crippen molar-refractivity contribution >= 4 is 28.4 Å². The summed E-state index contributed by atoms with van der Waals surface area (Å²) < 4.78 is 0. The highest BCUT2D eigenvalue weighted by Gasteiger charge is 2.11. The van der Waals surface area contributed by atoms with Crippen LogP contribution in [0.2, 0.25) is 5.02 Å². The van der Waals surface area contributed by atoms with Gasteiger partial charge in [-0.15, -0.1) is 0 Å². The van der Waals surface area contributed by atoms with Gasteiger partial charge in [0, 0.05) is 47.9 Å². The van der Waals surface area contributed by atoms with E-state index in [4.69, 9.17) is 11.6 Å². The van der Waals surface area contributed by atoms with Gasteiger partial charge < -0.3 is 5.32 Å². The number of halogens is 1. The third-order valence-corrected chi connectivity index (χ3v) is 4.50. The molecule has 5 heteroatoms. The molecule has 0 spiro atoms. The van der Waals surface area contributed by atoms with Crippen LogP contribution in [0, 0.1) is 0 Å². The Balaban J connectivity index is 1.76. The maximum Gasteiger partial charge on any atom is 0.251 e. The maximum atomic E-state index is 11.6. The van der Waals surface area contributed by atoms with E-state index in [-0.39, 0.29) is 5.91 Å². The first-order chi connectivity index (χ1) is 12.1. The monoisotopic (exact) mass is 353 g/mol. The second-order valence-electron chi connectivity index (χ2n) is 6.05. The number of nitrogens with one attached hydrogen (secondary N) is 1. The van der Waals surface area contributed by atoms with Gasteiger partial charge in [-0.2, -0.15) is 0 Å². The van der Waals surface area contributed by atoms with E-state index in [0.29, 0.717) is 12.1 Å². The van der Waals surface area contributed by atoms with Gasteiger partial charge in [0.1, 0.15) is 0 Å². The van der Waals surface area contributed by atoms with Gasteiger partial charge in [0.05, 0.1) is 5.52 Å². The van der Waals surface area contributed by atoms with E-state index >= 15 is 0 Å². The number of carbonyl (C=O) groups is 1. The first kappa shape index (κ1) is 17.4. The topological polar surface area (TPSA) is 45.2 Å². The Morgan fingerprint density at radius 2 is 1.88 bits per heavy atom. The first-order valence-corrected chi connectivity index (χ1v) is 8.48. The number of carbonyl (C=O) groups excluding carboxylic acids is 1. The summed E-state index contributed by atoms with van der Waals surface area (Å²) in [5, 5.41) is 4.44. The van der Waals surface area contributed by atoms with Crippen molar-refractivity contribution in [2.24, 2.45) is 0 Å². The van der Waals surface area contributed by atoms with Gasteiger partial charge in [-0.1, -0.05) is 35.9 Å². The molecule has 128 valence electrons. The van der Waals surface area contributed by atoms with E-state index < -0.39 is 0 Å². The molecule has 1 aromatic heterocycles. The number of fused-ring (bicyclic) bond motifs is 1. The van der Waals surface area contributed by atoms with E-state index in [1.165, 1.54) is 0 Å². The van der Waals surface area contributed by atoms with Gasteiger partial charge in [-0.3, -0.25) is 14.7 Å². The van der Waals surface area contributed by atoms with Crippen molar-refractivity contribution in [2.75, 3.05) is 14.1 Å². The first-order valence-electron chi connectivity index (χ1n) is 8.10. The Bertz CT molecular complexity index is 893. The third-order valence-electron chi connectivity index (χ3n) is 4.15. The van der Waals surface area contributed by atoms with E-state index in [1.807, 2.05) is 55.6 Å². The lowest BCUT2D eigenvalue weighted by Crippen LogP contribution is -2.19. The Labute approximate surface area is 152 Å². The van der Waals surface area contributed by atoms with Gasteiger partial charge in [-0.25, -0.2) is 0 Å². The van der Waals surface area contributed by atoms with Crippen molar-refractivity contribution in [2.45, 2.75) is 13.1 Å². The second-order valence-corrected chi connectivity index (χ2v) is 6.46. The summed E-state index contributed by atoms with van der Waals surface area (Å²) in [6, 6.07) is 15.5. The number of hydrogen-bond donors (Lipinski definition) is 1. The van der Waals surface area contributed by atoms with Crippen molar-refractivity contribution in [3.8, 4) is 0 Å². The van der Waals surface area contributed by atoms with Crippen molar-refractivity contribution in [3.05, 3.63) is 76.4 Å². The number of rotatable bonds is 5. The van der Waals surface area contributed by atoms with Crippen molar-refractivity contribution in [1.29, 1.82) is 0 Å². The van der Waals surface area contributed by atoms with Crippen LogP contribution in [0.15, 0.2) is 54.7 Å². The Morgan fingerprint density at radius 3 is 2.60 bits per heavy atom. The van der Waals surface area contributed by atoms with Crippen LogP contribution in [-0.2, 0) is 13.1 Å². The summed E-state index contributed by atoms with van der Waals surface area (Å²) in [6.07, 6.45) is 1.79. The van der Waals surface area contributed by atoms with Gasteiger partial charge >= 0.3 is 0 Å². The third kappa shape index (κ3) is 3.98. The molecule has 2 aromatic carbocycles. The zero-order chi connectivity index (χ0) is 17.8. The smallest absolute Gasteiger partial charge is 0.251 e. The Hall–Kier alpha value is -2.43. The molecule has 0 saturated heterocycles. The largest absolute Gasteiger partial charge is 0.355 e. The Morgan fingerprint density at radius 1 is 1.12 bits per heavy atom. The fourth-order valence-electron chi connectivity index (χ4n) is 2.87. The van der Waals surface area contributed by atoms with Gasteiger partial charge in [0.2, 0.25) is 0 Å². The SMILES string of the molecule is CNC(=O)c1ccc(CN(C)Cc2c(Cl)ccc3cccnc23)cc1. The van der Waals surface area contributed by atoms with Crippen molar-refractivity contribution in [1.82, 2.24) is 15.2 Å². The molecule has 0 saturated carbocycles. The number of amides is 1. The van der Waals surface area contributed by atoms with E-state index in [1.54, 1.807) is 13.2 Å². The summed E-state index contributed by atoms with van der Waals surface area (Å²) in [7, 11) is 3.68. The fraction of sp³-hybridized carbons (Fsp3) is 0.200. The van der Waals surface area contributed by atoms with Crippen LogP contribution in [0.5, 0.6) is 0 Å². The molecule has 0 bridgehead atoms. The molecule has 1 heterocycles. The van der Waals surface area contributed by atoms with Crippen LogP contribution in [0.25, 0.3) is 10.9 Å². The molecular weight excluding hydrogens is 334 g/mol. The quantitative estimate of drug-likeness (QED) is 0.757. The fourth-order valence-corrected chi connectivity index (χ4v) is 3.09. The molecule has 0 aliphatic carbocycles. The lowest BCUT2D eigenvalue weighted by Gasteiger charge is -2.19. The zero-order valence-electron chi connectivity index (χ0n) is 14.3. The standard InChI is InChI=1S/C20H20ClN3O/c1-22-20(25)16-7-5-14(6-8-16)12-24(2)13-17-18(21)10-9-15-4-3-11-23-19(15)17/h3-11H,12-13H2,1-2H3,(H,22,25). The molecule has 0 unspecified atom stereocenters. The molecule has 25 heavy (non-hydrogen) atoms. The van der Waals surface area contributed by atoms with E-state index in [0.717, 1.165) is 33.6 Å². The van der Waals surface area contributed by atoms with Crippen LogP contribution in [0.1, 0.15) is 21.5 Å². The average molecular weight is 354 g/mol. The minimum absolute atomic E-state index is 0.0754. The summed E-state index contributed by atoms with van der Waals surface area (Å²) in [5.41, 5.74) is 3.77. The zero-order valence-corrected chi connectivity index (χ0v) is 15.0. The minimum atomic E-state index is -0.0754. The molecule has 0 radical (unpaired) electrons. The van der Waals surface area contributed by atoms with Gasteiger partial charge in [0.15, 0.2) is 0 Å². The number of nitrogens with zero attached hydrogens (tertiary/aromatic N) is 2. The molecule has 0 fully saturated rings. The van der Waals surface area contributed by atoms with Crippen LogP contribution >= 0.6 is 11.6 Å². The summed E-state index contributed by atoms with van der Waals surface area (Å²) in [6.45, 7) is 1.46. The summed E-state index contributed by atoms with van der Waals surface area (Å²) in [4.78, 5) is 18.3. The predicted molar refractivity (Wildman–Crippen MR) is 102 cm³/mol. The van der Waals surface area contributed by atoms with Crippen LogP contribution < -0.4 is 5.32 Å². The lowest BCUT2D eigenvalue weighted by atomic mass is 10.1. The number of aromatic nitrogens is 1. The molecule has 1 amide bonds. The Kier molecular flexibility index (Phi) is 5.31. The summed E-state index contributed by atoms with van der Waals surface area (Å²) in [5.74, 6) is -0.0754. The number of benzene rings is 2. The highest BCUT2D eigenvalue weighted by Crippen LogP contribution is 2.26. The maximum absolute atomic E-state index is 11.6. The molecule has 3 aromatic rings. The minimum Gasteiger partial charge on any atom is -0.355 e. The molecule has 0 aliphatic rings. The average Bonchev–Trinajstić information content (AvgIpc) is 2.64. The predicted octanol–water partition coefficient (Wildman–Crippen LogP) is 3.88. The highest BCUT2D eigenvalue weighted by atomic mass is 35.5. The number of hydrogen-bond acceptors (Lipinski definition) is 3. The van der Waals surface area contributed by atoms with Crippen molar-refractivity contribution in [3.63, 3.8) is 0 Å². The molecule has 1 N–H and O–H groups in total. The van der Waals surface area contributed by atoms with Crippen LogP contribution in [-0.4, -0.2) is 29.9 Å². The van der Waals surface area contributed by atoms with Gasteiger partial charge in [0.25, 0.3) is 5.91 Å². The molecular formula is C20H20ClN3O. The van der Waals surface area contributed by atoms with E-state index in [2.05, 4.69) is 15.2 Å². The molecule has 3 rings (SSSR count). The second kappa shape index (κ2) is 7.64. The number of pyridine rings is 1. The molecule has 4 nitrogen and oxygen atoms in total. The lowest BCUT2D eigenvalue weighted by molar-refractivity contribution is 0.0963. The summed E-state index contributed by atoms with van der Waals surface area (Å²) >= 11 is 6.41.